The molecule has 0 radical (unpaired) electrons. The Kier molecular flexibility index (Phi) is 11.1. The molecule has 0 aliphatic heterocycles. The molecule has 14 aromatic rings. The highest BCUT2D eigenvalue weighted by molar-refractivity contribution is 6.09. The molecule has 0 saturated carbocycles. The molecule has 0 N–H and O–H groups in total. The largest absolute Gasteiger partial charge is 0.310 e. The highest BCUT2D eigenvalue weighted by Gasteiger charge is 2.46. The van der Waals surface area contributed by atoms with E-state index >= 15 is 0 Å². The number of para-hydroxylation sites is 2. The molecule has 1 aliphatic carbocycles. The second-order valence-electron chi connectivity index (χ2n) is 20.8. The first-order chi connectivity index (χ1) is 39.2. The van der Waals surface area contributed by atoms with Crippen molar-refractivity contribution in [3.63, 3.8) is 0 Å². The quantitative estimate of drug-likeness (QED) is 0.133. The van der Waals surface area contributed by atoms with E-state index < -0.39 is 5.41 Å². The van der Waals surface area contributed by atoms with Gasteiger partial charge in [0.2, 0.25) is 0 Å². The second kappa shape index (κ2) is 19.1. The maximum atomic E-state index is 2.46. The summed E-state index contributed by atoms with van der Waals surface area (Å²) in [7, 11) is 0. The first kappa shape index (κ1) is 46.1. The average molecular weight is 1010 g/mol. The molecule has 13 aromatic carbocycles. The molecule has 1 aliphatic rings. The van der Waals surface area contributed by atoms with E-state index in [1.54, 1.807) is 0 Å². The summed E-state index contributed by atoms with van der Waals surface area (Å²) < 4.78 is 2.39. The van der Waals surface area contributed by atoms with Crippen molar-refractivity contribution in [1.29, 1.82) is 0 Å². The van der Waals surface area contributed by atoms with Crippen LogP contribution in [0, 0.1) is 0 Å². The number of hydrogen-bond acceptors (Lipinski definition) is 1. The Hall–Kier alpha value is -10.3. The molecular formula is C77H52N2. The van der Waals surface area contributed by atoms with Gasteiger partial charge in [0, 0.05) is 33.5 Å². The fourth-order valence-electron chi connectivity index (χ4n) is 12.8. The van der Waals surface area contributed by atoms with Crippen LogP contribution in [0.2, 0.25) is 0 Å². The Morgan fingerprint density at radius 1 is 0.253 bits per heavy atom. The smallest absolute Gasteiger partial charge is 0.0714 e. The van der Waals surface area contributed by atoms with Gasteiger partial charge in [-0.1, -0.05) is 243 Å². The SMILES string of the molecule is c1ccc(C2(c3ccccc3)c3ccccc3-c3ccc(N(c4ccc(-c5ccc(-c6cccc(-n7c8ccccc8c8ccccc87)c6)cc5)cc4)c4ccc(-c5cccc(-c6ccc7ccccc7c6)c5)cc4)cc32)cc1. The molecule has 1 heterocycles. The van der Waals surface area contributed by atoms with Gasteiger partial charge in [-0.15, -0.1) is 0 Å². The van der Waals surface area contributed by atoms with Crippen molar-refractivity contribution in [3.05, 3.63) is 338 Å². The van der Waals surface area contributed by atoms with E-state index in [1.165, 1.54) is 105 Å². The number of hydrogen-bond donors (Lipinski definition) is 0. The second-order valence-corrected chi connectivity index (χ2v) is 20.8. The summed E-state index contributed by atoms with van der Waals surface area (Å²) >= 11 is 0. The minimum absolute atomic E-state index is 0.529. The van der Waals surface area contributed by atoms with E-state index in [4.69, 9.17) is 0 Å². The molecule has 79 heavy (non-hydrogen) atoms. The highest BCUT2D eigenvalue weighted by Crippen LogP contribution is 2.57. The Balaban J connectivity index is 0.811. The lowest BCUT2D eigenvalue weighted by molar-refractivity contribution is 0.768. The lowest BCUT2D eigenvalue weighted by atomic mass is 9.67. The van der Waals surface area contributed by atoms with Crippen LogP contribution in [-0.4, -0.2) is 4.57 Å². The van der Waals surface area contributed by atoms with Crippen LogP contribution in [0.1, 0.15) is 22.3 Å². The molecule has 2 nitrogen and oxygen atoms in total. The maximum absolute atomic E-state index is 2.46. The topological polar surface area (TPSA) is 8.17 Å². The third kappa shape index (κ3) is 7.79. The minimum atomic E-state index is -0.529. The van der Waals surface area contributed by atoms with E-state index in [9.17, 15) is 0 Å². The molecule has 15 rings (SSSR count). The molecular weight excluding hydrogens is 953 g/mol. The van der Waals surface area contributed by atoms with Crippen LogP contribution >= 0.6 is 0 Å². The van der Waals surface area contributed by atoms with Crippen LogP contribution in [0.4, 0.5) is 17.1 Å². The van der Waals surface area contributed by atoms with Crippen molar-refractivity contribution < 1.29 is 0 Å². The molecule has 0 atom stereocenters. The number of benzene rings is 13. The van der Waals surface area contributed by atoms with Gasteiger partial charge in [0.05, 0.1) is 16.4 Å². The van der Waals surface area contributed by atoms with Gasteiger partial charge in [0.1, 0.15) is 0 Å². The van der Waals surface area contributed by atoms with Crippen LogP contribution in [0.25, 0.3) is 93.9 Å². The zero-order chi connectivity index (χ0) is 52.3. The van der Waals surface area contributed by atoms with E-state index in [-0.39, 0.29) is 0 Å². The van der Waals surface area contributed by atoms with Gasteiger partial charge in [-0.25, -0.2) is 0 Å². The molecule has 0 fully saturated rings. The summed E-state index contributed by atoms with van der Waals surface area (Å²) in [4.78, 5) is 2.43. The summed E-state index contributed by atoms with van der Waals surface area (Å²) in [5.41, 5.74) is 23.3. The van der Waals surface area contributed by atoms with Crippen molar-refractivity contribution in [1.82, 2.24) is 4.57 Å². The van der Waals surface area contributed by atoms with Gasteiger partial charge in [0.15, 0.2) is 0 Å². The number of fused-ring (bicyclic) bond motifs is 7. The van der Waals surface area contributed by atoms with E-state index in [0.29, 0.717) is 0 Å². The van der Waals surface area contributed by atoms with E-state index in [1.807, 2.05) is 0 Å². The van der Waals surface area contributed by atoms with Crippen LogP contribution in [0.3, 0.4) is 0 Å². The van der Waals surface area contributed by atoms with Gasteiger partial charge in [-0.05, 0) is 161 Å². The van der Waals surface area contributed by atoms with Crippen LogP contribution in [-0.2, 0) is 5.41 Å². The first-order valence-corrected chi connectivity index (χ1v) is 27.3. The average Bonchev–Trinajstić information content (AvgIpc) is 4.26. The maximum Gasteiger partial charge on any atom is 0.0714 e. The normalized spacial score (nSPS) is 12.4. The Morgan fingerprint density at radius 3 is 1.33 bits per heavy atom. The fraction of sp³-hybridized carbons (Fsp3) is 0.0130. The fourth-order valence-corrected chi connectivity index (χ4v) is 12.8. The van der Waals surface area contributed by atoms with Crippen molar-refractivity contribution in [2.75, 3.05) is 4.90 Å². The summed E-state index contributed by atoms with van der Waals surface area (Å²) in [6.45, 7) is 0. The van der Waals surface area contributed by atoms with Gasteiger partial charge in [0.25, 0.3) is 0 Å². The Labute approximate surface area is 461 Å². The number of anilines is 3. The monoisotopic (exact) mass is 1000 g/mol. The highest BCUT2D eigenvalue weighted by atomic mass is 15.1. The van der Waals surface area contributed by atoms with E-state index in [0.717, 1.165) is 28.3 Å². The van der Waals surface area contributed by atoms with Crippen LogP contribution in [0.5, 0.6) is 0 Å². The summed E-state index contributed by atoms with van der Waals surface area (Å²) in [6, 6.07) is 116. The molecule has 370 valence electrons. The molecule has 0 unspecified atom stereocenters. The first-order valence-electron chi connectivity index (χ1n) is 27.3. The van der Waals surface area contributed by atoms with Crippen LogP contribution < -0.4 is 4.90 Å². The number of aromatic nitrogens is 1. The standard InChI is InChI=1S/C77H52N2/c1-3-22-63(23-4-1)77(64-24-5-2-6-25-64)73-30-12-9-27-69(73)70-48-47-68(52-74(70)77)78(66-45-41-57(42-46-66)59-19-15-20-60(49-59)62-38-37-53-17-7-8-18-58(53)50-62)65-43-39-55(40-44-65)54-33-35-56(36-34-54)61-21-16-26-67(51-61)79-75-31-13-10-28-71(75)72-29-11-14-32-76(72)79/h1-52H. The lowest BCUT2D eigenvalue weighted by Gasteiger charge is -2.35. The predicted octanol–water partition coefficient (Wildman–Crippen LogP) is 20.4. The number of rotatable bonds is 10. The Bertz CT molecular complexity index is 4480. The third-order valence-electron chi connectivity index (χ3n) is 16.5. The third-order valence-corrected chi connectivity index (χ3v) is 16.5. The zero-order valence-electron chi connectivity index (χ0n) is 43.4. The summed E-state index contributed by atoms with van der Waals surface area (Å²) in [6.07, 6.45) is 0. The predicted molar refractivity (Wildman–Crippen MR) is 332 cm³/mol. The van der Waals surface area contributed by atoms with Gasteiger partial charge < -0.3 is 9.47 Å². The van der Waals surface area contributed by atoms with Crippen molar-refractivity contribution >= 4 is 49.6 Å². The van der Waals surface area contributed by atoms with Crippen molar-refractivity contribution in [2.24, 2.45) is 0 Å². The van der Waals surface area contributed by atoms with Crippen LogP contribution in [0.15, 0.2) is 315 Å². The summed E-state index contributed by atoms with van der Waals surface area (Å²) in [5.74, 6) is 0. The van der Waals surface area contributed by atoms with Gasteiger partial charge >= 0.3 is 0 Å². The molecule has 1 aromatic heterocycles. The molecule has 0 amide bonds. The molecule has 2 heteroatoms. The molecule has 0 bridgehead atoms. The van der Waals surface area contributed by atoms with E-state index in [2.05, 4.69) is 325 Å². The van der Waals surface area contributed by atoms with Crippen molar-refractivity contribution in [2.45, 2.75) is 5.41 Å². The van der Waals surface area contributed by atoms with Crippen molar-refractivity contribution in [3.8, 4) is 61.3 Å². The minimum Gasteiger partial charge on any atom is -0.310 e. The lowest BCUT2D eigenvalue weighted by Crippen LogP contribution is -2.28. The molecule has 0 saturated heterocycles. The van der Waals surface area contributed by atoms with Gasteiger partial charge in [-0.3, -0.25) is 0 Å². The summed E-state index contributed by atoms with van der Waals surface area (Å²) in [5, 5.41) is 5.02. The Morgan fingerprint density at radius 2 is 0.696 bits per heavy atom. The molecule has 0 spiro atoms. The number of nitrogens with zero attached hydrogens (tertiary/aromatic N) is 2. The van der Waals surface area contributed by atoms with Gasteiger partial charge in [-0.2, -0.15) is 0 Å². The zero-order valence-corrected chi connectivity index (χ0v) is 43.4.